The zero-order chi connectivity index (χ0) is 16.8. The molecular weight excluding hydrogens is 336 g/mol. The Kier molecular flexibility index (Phi) is 5.95. The van der Waals surface area contributed by atoms with Crippen LogP contribution in [0.2, 0.25) is 0 Å². The van der Waals surface area contributed by atoms with Crippen molar-refractivity contribution in [3.63, 3.8) is 0 Å². The van der Waals surface area contributed by atoms with Crippen molar-refractivity contribution < 1.29 is 4.79 Å². The van der Waals surface area contributed by atoms with Gasteiger partial charge in [-0.2, -0.15) is 0 Å². The van der Waals surface area contributed by atoms with Gasteiger partial charge in [-0.15, -0.1) is 23.1 Å². The molecule has 0 radical (unpaired) electrons. The molecule has 2 aromatic rings. The minimum atomic E-state index is -0.279. The summed E-state index contributed by atoms with van der Waals surface area (Å²) in [5, 5.41) is 6.42. The predicted molar refractivity (Wildman–Crippen MR) is 102 cm³/mol. The highest BCUT2D eigenvalue weighted by Gasteiger charge is 2.41. The van der Waals surface area contributed by atoms with E-state index in [1.165, 1.54) is 4.90 Å². The molecule has 1 heterocycles. The van der Waals surface area contributed by atoms with Gasteiger partial charge in [0.05, 0.1) is 9.75 Å². The summed E-state index contributed by atoms with van der Waals surface area (Å²) in [7, 11) is 0. The Morgan fingerprint density at radius 3 is 2.71 bits per heavy atom. The lowest BCUT2D eigenvalue weighted by Crippen LogP contribution is -2.42. The van der Waals surface area contributed by atoms with Gasteiger partial charge in [-0.3, -0.25) is 4.79 Å². The molecule has 1 aliphatic carbocycles. The molecule has 3 nitrogen and oxygen atoms in total. The van der Waals surface area contributed by atoms with E-state index in [4.69, 9.17) is 0 Å². The summed E-state index contributed by atoms with van der Waals surface area (Å²) in [6.45, 7) is 2.75. The fourth-order valence-electron chi connectivity index (χ4n) is 3.16. The van der Waals surface area contributed by atoms with Crippen LogP contribution in [0.3, 0.4) is 0 Å². The number of amides is 1. The van der Waals surface area contributed by atoms with Gasteiger partial charge in [0, 0.05) is 28.9 Å². The molecule has 0 saturated heterocycles. The van der Waals surface area contributed by atoms with Gasteiger partial charge in [-0.05, 0) is 38.3 Å². The number of hydrogen-bond donors (Lipinski definition) is 1. The molecule has 5 heteroatoms. The second kappa shape index (κ2) is 8.17. The van der Waals surface area contributed by atoms with Crippen LogP contribution >= 0.6 is 23.1 Å². The molecule has 1 aliphatic rings. The summed E-state index contributed by atoms with van der Waals surface area (Å²) in [6, 6.07) is 10.3. The second-order valence-electron chi connectivity index (χ2n) is 6.36. The molecule has 1 saturated carbocycles. The fourth-order valence-corrected chi connectivity index (χ4v) is 5.38. The van der Waals surface area contributed by atoms with Gasteiger partial charge in [0.25, 0.3) is 0 Å². The highest BCUT2D eigenvalue weighted by Crippen LogP contribution is 2.45. The van der Waals surface area contributed by atoms with Gasteiger partial charge >= 0.3 is 0 Å². The fraction of sp³-hybridized carbons (Fsp3) is 0.474. The largest absolute Gasteiger partial charge is 0.355 e. The number of nitrogens with zero attached hydrogens (tertiary/aromatic N) is 1. The van der Waals surface area contributed by atoms with E-state index in [-0.39, 0.29) is 10.7 Å². The Hall–Kier alpha value is -1.33. The zero-order valence-corrected chi connectivity index (χ0v) is 15.7. The van der Waals surface area contributed by atoms with E-state index < -0.39 is 0 Å². The minimum absolute atomic E-state index is 0.212. The third-order valence-electron chi connectivity index (χ3n) is 4.40. The summed E-state index contributed by atoms with van der Waals surface area (Å²) >= 11 is 3.45. The van der Waals surface area contributed by atoms with Gasteiger partial charge in [0.1, 0.15) is 0 Å². The summed E-state index contributed by atoms with van der Waals surface area (Å²) in [5.41, 5.74) is 1.09. The van der Waals surface area contributed by atoms with Crippen molar-refractivity contribution in [3.8, 4) is 0 Å². The number of carbonyl (C=O) groups is 1. The molecule has 3 rings (SSSR count). The Morgan fingerprint density at radius 1 is 1.29 bits per heavy atom. The van der Waals surface area contributed by atoms with Crippen molar-refractivity contribution in [1.82, 2.24) is 10.3 Å². The first-order chi connectivity index (χ1) is 11.7. The van der Waals surface area contributed by atoms with Crippen LogP contribution in [0.25, 0.3) is 0 Å². The number of carbonyl (C=O) groups excluding carboxylic acids is 1. The number of thioether (sulfide) groups is 1. The third kappa shape index (κ3) is 4.39. The lowest BCUT2D eigenvalue weighted by molar-refractivity contribution is -0.123. The van der Waals surface area contributed by atoms with Gasteiger partial charge in [-0.1, -0.05) is 31.0 Å². The van der Waals surface area contributed by atoms with E-state index >= 15 is 0 Å². The molecule has 1 aromatic heterocycles. The maximum Gasteiger partial charge on any atom is 0.236 e. The average molecular weight is 361 g/mol. The van der Waals surface area contributed by atoms with Gasteiger partial charge in [-0.25, -0.2) is 4.98 Å². The van der Waals surface area contributed by atoms with Crippen LogP contribution in [-0.4, -0.2) is 22.2 Å². The molecule has 0 spiro atoms. The van der Waals surface area contributed by atoms with Crippen LogP contribution in [0.4, 0.5) is 0 Å². The minimum Gasteiger partial charge on any atom is -0.355 e. The Bertz CT molecular complexity index is 663. The van der Waals surface area contributed by atoms with E-state index in [9.17, 15) is 4.79 Å². The highest BCUT2D eigenvalue weighted by molar-refractivity contribution is 8.01. The van der Waals surface area contributed by atoms with Crippen molar-refractivity contribution in [2.45, 2.75) is 55.1 Å². The first kappa shape index (κ1) is 17.5. The van der Waals surface area contributed by atoms with Crippen LogP contribution in [0.5, 0.6) is 0 Å². The standard InChI is InChI=1S/C19H24N2OS2/c1-15-14-23-17(21-15)10-7-13-20-18(22)19(11-5-6-12-19)24-16-8-3-2-4-9-16/h2-4,8-9,14H,5-7,10-13H2,1H3,(H,20,22). The first-order valence-corrected chi connectivity index (χ1v) is 10.3. The topological polar surface area (TPSA) is 42.0 Å². The van der Waals surface area contributed by atoms with E-state index in [0.29, 0.717) is 0 Å². The number of benzene rings is 1. The van der Waals surface area contributed by atoms with Gasteiger partial charge in [0.2, 0.25) is 5.91 Å². The van der Waals surface area contributed by atoms with E-state index in [1.807, 2.05) is 25.1 Å². The zero-order valence-electron chi connectivity index (χ0n) is 14.1. The number of rotatable bonds is 7. The number of nitrogens with one attached hydrogen (secondary N) is 1. The maximum absolute atomic E-state index is 12.8. The lowest BCUT2D eigenvalue weighted by Gasteiger charge is -2.27. The molecule has 1 aromatic carbocycles. The first-order valence-electron chi connectivity index (χ1n) is 8.61. The maximum atomic E-state index is 12.8. The highest BCUT2D eigenvalue weighted by atomic mass is 32.2. The van der Waals surface area contributed by atoms with Gasteiger partial charge in [0.15, 0.2) is 0 Å². The summed E-state index contributed by atoms with van der Waals surface area (Å²) < 4.78 is -0.279. The molecule has 128 valence electrons. The lowest BCUT2D eigenvalue weighted by atomic mass is 10.1. The average Bonchev–Trinajstić information content (AvgIpc) is 3.22. The Labute approximate surface area is 152 Å². The van der Waals surface area contributed by atoms with Crippen LogP contribution in [-0.2, 0) is 11.2 Å². The van der Waals surface area contributed by atoms with Crippen molar-refractivity contribution in [2.75, 3.05) is 6.54 Å². The van der Waals surface area contributed by atoms with Crippen LogP contribution in [0, 0.1) is 6.92 Å². The van der Waals surface area contributed by atoms with E-state index in [1.54, 1.807) is 23.1 Å². The molecule has 1 N–H and O–H groups in total. The number of aryl methyl sites for hydroxylation is 2. The van der Waals surface area contributed by atoms with Gasteiger partial charge < -0.3 is 5.32 Å². The number of aromatic nitrogens is 1. The monoisotopic (exact) mass is 360 g/mol. The molecule has 24 heavy (non-hydrogen) atoms. The molecule has 1 fully saturated rings. The number of thiazole rings is 1. The SMILES string of the molecule is Cc1csc(CCCNC(=O)C2(Sc3ccccc3)CCCC2)n1. The molecule has 1 amide bonds. The normalized spacial score (nSPS) is 16.2. The van der Waals surface area contributed by atoms with Crippen LogP contribution in [0.15, 0.2) is 40.6 Å². The Balaban J connectivity index is 1.52. The molecule has 0 unspecified atom stereocenters. The molecule has 0 bridgehead atoms. The predicted octanol–water partition coefficient (Wildman–Crippen LogP) is 4.61. The quantitative estimate of drug-likeness (QED) is 0.734. The molecule has 0 atom stereocenters. The summed E-state index contributed by atoms with van der Waals surface area (Å²) in [5.74, 6) is 0.212. The molecule has 0 aliphatic heterocycles. The Morgan fingerprint density at radius 2 is 2.04 bits per heavy atom. The van der Waals surface area contributed by atoms with E-state index in [0.717, 1.165) is 55.8 Å². The van der Waals surface area contributed by atoms with Crippen LogP contribution < -0.4 is 5.32 Å². The van der Waals surface area contributed by atoms with Crippen molar-refractivity contribution in [2.24, 2.45) is 0 Å². The van der Waals surface area contributed by atoms with Crippen molar-refractivity contribution in [1.29, 1.82) is 0 Å². The smallest absolute Gasteiger partial charge is 0.236 e. The summed E-state index contributed by atoms with van der Waals surface area (Å²) in [6.07, 6.45) is 6.13. The number of hydrogen-bond acceptors (Lipinski definition) is 4. The molecular formula is C19H24N2OS2. The van der Waals surface area contributed by atoms with Crippen molar-refractivity contribution in [3.05, 3.63) is 46.4 Å². The van der Waals surface area contributed by atoms with Crippen molar-refractivity contribution >= 4 is 29.0 Å². The van der Waals surface area contributed by atoms with Crippen LogP contribution in [0.1, 0.15) is 42.8 Å². The summed E-state index contributed by atoms with van der Waals surface area (Å²) in [4.78, 5) is 18.5. The second-order valence-corrected chi connectivity index (χ2v) is 8.76. The van der Waals surface area contributed by atoms with E-state index in [2.05, 4.69) is 27.8 Å². The third-order valence-corrected chi connectivity index (χ3v) is 6.92.